The molecule has 3 aliphatic rings. The average molecular weight is 283 g/mol. The van der Waals surface area contributed by atoms with Crippen LogP contribution in [-0.2, 0) is 14.3 Å². The SMILES string of the molecule is O=C(NCCN1CC2CCCCN2C1=O)C1OCCO1. The fourth-order valence-electron chi connectivity index (χ4n) is 3.05. The Labute approximate surface area is 118 Å². The van der Waals surface area contributed by atoms with E-state index in [0.29, 0.717) is 32.3 Å². The minimum Gasteiger partial charge on any atom is -0.350 e. The molecule has 0 aliphatic carbocycles. The lowest BCUT2D eigenvalue weighted by molar-refractivity contribution is -0.146. The first kappa shape index (κ1) is 13.6. The highest BCUT2D eigenvalue weighted by Gasteiger charge is 2.38. The van der Waals surface area contributed by atoms with Crippen molar-refractivity contribution in [1.82, 2.24) is 15.1 Å². The minimum atomic E-state index is -0.782. The Morgan fingerprint density at radius 3 is 2.85 bits per heavy atom. The summed E-state index contributed by atoms with van der Waals surface area (Å²) in [5.74, 6) is -0.258. The maximum atomic E-state index is 12.2. The molecule has 1 N–H and O–H groups in total. The van der Waals surface area contributed by atoms with E-state index in [9.17, 15) is 9.59 Å². The first-order chi connectivity index (χ1) is 9.75. The highest BCUT2D eigenvalue weighted by atomic mass is 16.7. The maximum absolute atomic E-state index is 12.2. The van der Waals surface area contributed by atoms with Crippen molar-refractivity contribution in [3.63, 3.8) is 0 Å². The molecule has 0 aromatic rings. The van der Waals surface area contributed by atoms with Gasteiger partial charge in [-0.05, 0) is 19.3 Å². The second kappa shape index (κ2) is 5.97. The standard InChI is InChI=1S/C13H21N3O4/c17-11(12-19-7-8-20-12)14-4-6-15-9-10-3-1-2-5-16(10)13(15)18/h10,12H,1-9H2,(H,14,17). The van der Waals surface area contributed by atoms with Gasteiger partial charge in [0, 0.05) is 26.2 Å². The van der Waals surface area contributed by atoms with E-state index in [1.165, 1.54) is 6.42 Å². The Morgan fingerprint density at radius 2 is 2.10 bits per heavy atom. The monoisotopic (exact) mass is 283 g/mol. The molecular formula is C13H21N3O4. The number of rotatable bonds is 4. The number of piperidine rings is 1. The molecule has 112 valence electrons. The van der Waals surface area contributed by atoms with Crippen LogP contribution in [0.2, 0.25) is 0 Å². The molecule has 0 spiro atoms. The van der Waals surface area contributed by atoms with E-state index in [2.05, 4.69) is 5.32 Å². The van der Waals surface area contributed by atoms with Crippen LogP contribution in [0, 0.1) is 0 Å². The molecule has 20 heavy (non-hydrogen) atoms. The van der Waals surface area contributed by atoms with Crippen molar-refractivity contribution in [1.29, 1.82) is 0 Å². The zero-order valence-corrected chi connectivity index (χ0v) is 11.5. The maximum Gasteiger partial charge on any atom is 0.320 e. The molecule has 3 aliphatic heterocycles. The van der Waals surface area contributed by atoms with Crippen molar-refractivity contribution < 1.29 is 19.1 Å². The molecule has 7 heteroatoms. The van der Waals surface area contributed by atoms with E-state index in [1.54, 1.807) is 0 Å². The van der Waals surface area contributed by atoms with Gasteiger partial charge in [-0.25, -0.2) is 4.79 Å². The van der Waals surface area contributed by atoms with Crippen LogP contribution in [0.15, 0.2) is 0 Å². The summed E-state index contributed by atoms with van der Waals surface area (Å²) in [5.41, 5.74) is 0. The largest absolute Gasteiger partial charge is 0.350 e. The number of nitrogens with one attached hydrogen (secondary N) is 1. The predicted octanol–water partition coefficient (Wildman–Crippen LogP) is -0.234. The van der Waals surface area contributed by atoms with Gasteiger partial charge in [-0.15, -0.1) is 0 Å². The third-order valence-corrected chi connectivity index (χ3v) is 4.09. The Bertz CT molecular complexity index is 384. The molecule has 0 aromatic heterocycles. The number of carbonyl (C=O) groups is 2. The van der Waals surface area contributed by atoms with E-state index in [0.717, 1.165) is 25.9 Å². The lowest BCUT2D eigenvalue weighted by Gasteiger charge is -2.27. The summed E-state index contributed by atoms with van der Waals surface area (Å²) in [5, 5.41) is 2.75. The van der Waals surface area contributed by atoms with E-state index in [4.69, 9.17) is 9.47 Å². The number of hydrogen-bond acceptors (Lipinski definition) is 4. The average Bonchev–Trinajstić information content (AvgIpc) is 3.09. The highest BCUT2D eigenvalue weighted by Crippen LogP contribution is 2.24. The predicted molar refractivity (Wildman–Crippen MR) is 70.0 cm³/mol. The summed E-state index contributed by atoms with van der Waals surface area (Å²) in [7, 11) is 0. The summed E-state index contributed by atoms with van der Waals surface area (Å²) in [6, 6.07) is 0.478. The van der Waals surface area contributed by atoms with Gasteiger partial charge in [-0.3, -0.25) is 4.79 Å². The number of fused-ring (bicyclic) bond motifs is 1. The Hall–Kier alpha value is -1.34. The van der Waals surface area contributed by atoms with Crippen LogP contribution < -0.4 is 5.32 Å². The van der Waals surface area contributed by atoms with Gasteiger partial charge in [0.25, 0.3) is 5.91 Å². The summed E-state index contributed by atoms with van der Waals surface area (Å²) in [6.45, 7) is 3.55. The van der Waals surface area contributed by atoms with Gasteiger partial charge in [0.2, 0.25) is 6.29 Å². The third kappa shape index (κ3) is 2.73. The molecule has 3 heterocycles. The zero-order chi connectivity index (χ0) is 13.9. The van der Waals surface area contributed by atoms with Crippen molar-refractivity contribution in [3.8, 4) is 0 Å². The van der Waals surface area contributed by atoms with Gasteiger partial charge in [-0.2, -0.15) is 0 Å². The summed E-state index contributed by atoms with van der Waals surface area (Å²) in [6.07, 6.45) is 2.62. The molecule has 1 unspecified atom stereocenters. The van der Waals surface area contributed by atoms with Gasteiger partial charge in [-0.1, -0.05) is 0 Å². The van der Waals surface area contributed by atoms with Crippen LogP contribution in [0.25, 0.3) is 0 Å². The van der Waals surface area contributed by atoms with Gasteiger partial charge in [0.15, 0.2) is 0 Å². The molecule has 3 saturated heterocycles. The van der Waals surface area contributed by atoms with Gasteiger partial charge in [0.05, 0.1) is 19.3 Å². The first-order valence-electron chi connectivity index (χ1n) is 7.32. The number of ether oxygens (including phenoxy) is 2. The molecule has 0 saturated carbocycles. The summed E-state index contributed by atoms with van der Waals surface area (Å²) >= 11 is 0. The molecule has 0 bridgehead atoms. The number of amides is 3. The van der Waals surface area contributed by atoms with Crippen molar-refractivity contribution >= 4 is 11.9 Å². The Balaban J connectivity index is 1.42. The number of nitrogens with zero attached hydrogens (tertiary/aromatic N) is 2. The van der Waals surface area contributed by atoms with Crippen LogP contribution in [-0.4, -0.2) is 73.5 Å². The van der Waals surface area contributed by atoms with Crippen LogP contribution in [0.3, 0.4) is 0 Å². The van der Waals surface area contributed by atoms with Gasteiger partial charge in [0.1, 0.15) is 0 Å². The lowest BCUT2D eigenvalue weighted by atomic mass is 10.0. The van der Waals surface area contributed by atoms with Crippen molar-refractivity contribution in [2.24, 2.45) is 0 Å². The number of hydrogen-bond donors (Lipinski definition) is 1. The molecule has 3 amide bonds. The molecule has 1 atom stereocenters. The zero-order valence-electron chi connectivity index (χ0n) is 11.5. The van der Waals surface area contributed by atoms with Crippen LogP contribution in [0.4, 0.5) is 4.79 Å². The van der Waals surface area contributed by atoms with Crippen molar-refractivity contribution in [2.75, 3.05) is 39.4 Å². The molecule has 0 aromatic carbocycles. The smallest absolute Gasteiger partial charge is 0.320 e. The van der Waals surface area contributed by atoms with Gasteiger partial charge < -0.3 is 24.6 Å². The van der Waals surface area contributed by atoms with Crippen LogP contribution >= 0.6 is 0 Å². The number of urea groups is 1. The topological polar surface area (TPSA) is 71.1 Å². The second-order valence-corrected chi connectivity index (χ2v) is 5.44. The molecule has 3 rings (SSSR count). The van der Waals surface area contributed by atoms with E-state index in [-0.39, 0.29) is 11.9 Å². The fourth-order valence-corrected chi connectivity index (χ4v) is 3.05. The van der Waals surface area contributed by atoms with Crippen LogP contribution in [0.1, 0.15) is 19.3 Å². The fraction of sp³-hybridized carbons (Fsp3) is 0.846. The quantitative estimate of drug-likeness (QED) is 0.773. The highest BCUT2D eigenvalue weighted by molar-refractivity contribution is 5.80. The Morgan fingerprint density at radius 1 is 1.30 bits per heavy atom. The van der Waals surface area contributed by atoms with E-state index >= 15 is 0 Å². The minimum absolute atomic E-state index is 0.109. The Kier molecular flexibility index (Phi) is 4.07. The third-order valence-electron chi connectivity index (χ3n) is 4.09. The first-order valence-corrected chi connectivity index (χ1v) is 7.32. The summed E-state index contributed by atoms with van der Waals surface area (Å²) in [4.78, 5) is 27.6. The van der Waals surface area contributed by atoms with Gasteiger partial charge >= 0.3 is 6.03 Å². The molecule has 0 radical (unpaired) electrons. The molecule has 3 fully saturated rings. The number of carbonyl (C=O) groups excluding carboxylic acids is 2. The lowest BCUT2D eigenvalue weighted by Crippen LogP contribution is -2.42. The normalized spacial score (nSPS) is 27.0. The van der Waals surface area contributed by atoms with Crippen molar-refractivity contribution in [2.45, 2.75) is 31.6 Å². The van der Waals surface area contributed by atoms with Crippen molar-refractivity contribution in [3.05, 3.63) is 0 Å². The van der Waals surface area contributed by atoms with E-state index < -0.39 is 6.29 Å². The molecular weight excluding hydrogens is 262 g/mol. The summed E-state index contributed by atoms with van der Waals surface area (Å²) < 4.78 is 10.2. The second-order valence-electron chi connectivity index (χ2n) is 5.44. The van der Waals surface area contributed by atoms with E-state index in [1.807, 2.05) is 9.80 Å². The van der Waals surface area contributed by atoms with Crippen LogP contribution in [0.5, 0.6) is 0 Å². The molecule has 7 nitrogen and oxygen atoms in total.